The molecule has 0 aliphatic rings. The second-order valence-electron chi connectivity index (χ2n) is 3.78. The number of rotatable bonds is 5. The molecular formula is C14H13ClN2O. The molecule has 0 heterocycles. The largest absolute Gasteiger partial charge is 0.381 e. The first-order valence-electron chi connectivity index (χ1n) is 5.57. The maximum absolute atomic E-state index is 10.5. The van der Waals surface area contributed by atoms with E-state index in [1.54, 1.807) is 0 Å². The predicted octanol–water partition coefficient (Wildman–Crippen LogP) is 3.52. The van der Waals surface area contributed by atoms with Crippen LogP contribution in [0.1, 0.15) is 5.56 Å². The lowest BCUT2D eigenvalue weighted by atomic mass is 10.1. The summed E-state index contributed by atoms with van der Waals surface area (Å²) in [4.78, 5) is 10.5. The van der Waals surface area contributed by atoms with Crippen molar-refractivity contribution in [2.75, 3.05) is 10.6 Å². The molecule has 4 heteroatoms. The highest BCUT2D eigenvalue weighted by molar-refractivity contribution is 6.30. The molecule has 0 fully saturated rings. The Kier molecular flexibility index (Phi) is 4.20. The summed E-state index contributed by atoms with van der Waals surface area (Å²) in [7, 11) is 0. The van der Waals surface area contributed by atoms with Crippen molar-refractivity contribution in [3.8, 4) is 0 Å². The van der Waals surface area contributed by atoms with Gasteiger partial charge in [0, 0.05) is 22.9 Å². The molecule has 0 atom stereocenters. The maximum atomic E-state index is 10.5. The van der Waals surface area contributed by atoms with Gasteiger partial charge in [0.1, 0.15) is 0 Å². The van der Waals surface area contributed by atoms with Crippen LogP contribution >= 0.6 is 11.6 Å². The van der Waals surface area contributed by atoms with Gasteiger partial charge in [0.05, 0.1) is 0 Å². The van der Waals surface area contributed by atoms with Crippen molar-refractivity contribution >= 4 is 29.4 Å². The van der Waals surface area contributed by atoms with Gasteiger partial charge in [-0.3, -0.25) is 4.79 Å². The summed E-state index contributed by atoms with van der Waals surface area (Å²) in [5, 5.41) is 6.66. The fourth-order valence-electron chi connectivity index (χ4n) is 1.64. The molecule has 0 saturated carbocycles. The Labute approximate surface area is 111 Å². The summed E-state index contributed by atoms with van der Waals surface area (Å²) in [5.74, 6) is 0. The fourth-order valence-corrected chi connectivity index (χ4v) is 1.77. The van der Waals surface area contributed by atoms with E-state index in [1.165, 1.54) is 0 Å². The number of anilines is 2. The lowest BCUT2D eigenvalue weighted by molar-refractivity contribution is -0.105. The van der Waals surface area contributed by atoms with Crippen LogP contribution in [-0.2, 0) is 11.3 Å². The predicted molar refractivity (Wildman–Crippen MR) is 74.9 cm³/mol. The molecule has 2 aromatic rings. The van der Waals surface area contributed by atoms with Crippen molar-refractivity contribution in [3.05, 3.63) is 59.1 Å². The number of para-hydroxylation sites is 1. The van der Waals surface area contributed by atoms with E-state index >= 15 is 0 Å². The number of carbonyl (C=O) groups excluding carboxylic acids is 1. The summed E-state index contributed by atoms with van der Waals surface area (Å²) in [6.45, 7) is 0.638. The van der Waals surface area contributed by atoms with Gasteiger partial charge in [-0.15, -0.1) is 0 Å². The van der Waals surface area contributed by atoms with Crippen molar-refractivity contribution in [2.24, 2.45) is 0 Å². The Balaban J connectivity index is 2.05. The van der Waals surface area contributed by atoms with Gasteiger partial charge in [0.2, 0.25) is 6.41 Å². The van der Waals surface area contributed by atoms with E-state index in [0.717, 1.165) is 16.9 Å². The molecular weight excluding hydrogens is 248 g/mol. The average molecular weight is 261 g/mol. The zero-order chi connectivity index (χ0) is 12.8. The Hall–Kier alpha value is -2.00. The van der Waals surface area contributed by atoms with E-state index in [1.807, 2.05) is 48.5 Å². The molecule has 2 aromatic carbocycles. The van der Waals surface area contributed by atoms with E-state index in [4.69, 9.17) is 11.6 Å². The maximum Gasteiger partial charge on any atom is 0.211 e. The highest BCUT2D eigenvalue weighted by Gasteiger charge is 2.00. The van der Waals surface area contributed by atoms with E-state index in [9.17, 15) is 4.79 Å². The first-order chi connectivity index (χ1) is 8.79. The van der Waals surface area contributed by atoms with Crippen molar-refractivity contribution in [1.29, 1.82) is 0 Å². The van der Waals surface area contributed by atoms with Crippen molar-refractivity contribution in [2.45, 2.75) is 6.54 Å². The van der Waals surface area contributed by atoms with E-state index in [-0.39, 0.29) is 0 Å². The number of benzene rings is 2. The van der Waals surface area contributed by atoms with Crippen molar-refractivity contribution < 1.29 is 4.79 Å². The van der Waals surface area contributed by atoms with Gasteiger partial charge in [-0.25, -0.2) is 0 Å². The smallest absolute Gasteiger partial charge is 0.211 e. The van der Waals surface area contributed by atoms with Gasteiger partial charge in [0.25, 0.3) is 0 Å². The molecule has 0 unspecified atom stereocenters. The van der Waals surface area contributed by atoms with E-state index in [2.05, 4.69) is 10.6 Å². The number of amides is 1. The average Bonchev–Trinajstić information content (AvgIpc) is 2.40. The van der Waals surface area contributed by atoms with Gasteiger partial charge in [-0.05, 0) is 35.9 Å². The summed E-state index contributed by atoms with van der Waals surface area (Å²) in [5.41, 5.74) is 2.83. The normalized spacial score (nSPS) is 9.83. The summed E-state index contributed by atoms with van der Waals surface area (Å²) < 4.78 is 0. The third-order valence-corrected chi connectivity index (χ3v) is 2.81. The molecule has 0 bridgehead atoms. The van der Waals surface area contributed by atoms with Crippen molar-refractivity contribution in [3.63, 3.8) is 0 Å². The van der Waals surface area contributed by atoms with E-state index < -0.39 is 0 Å². The number of hydrogen-bond acceptors (Lipinski definition) is 2. The number of carbonyl (C=O) groups is 1. The first kappa shape index (κ1) is 12.5. The molecule has 0 spiro atoms. The molecule has 0 radical (unpaired) electrons. The van der Waals surface area contributed by atoms with Crippen LogP contribution in [0.25, 0.3) is 0 Å². The summed E-state index contributed by atoms with van der Waals surface area (Å²) in [6, 6.07) is 15.2. The topological polar surface area (TPSA) is 41.1 Å². The molecule has 2 rings (SSSR count). The highest BCUT2D eigenvalue weighted by atomic mass is 35.5. The molecule has 0 aromatic heterocycles. The van der Waals surface area contributed by atoms with Crippen LogP contribution in [0.3, 0.4) is 0 Å². The quantitative estimate of drug-likeness (QED) is 0.808. The Morgan fingerprint density at radius 1 is 1.06 bits per heavy atom. The van der Waals surface area contributed by atoms with Crippen LogP contribution in [0.2, 0.25) is 5.02 Å². The summed E-state index contributed by atoms with van der Waals surface area (Å²) in [6.07, 6.45) is 0.682. The van der Waals surface area contributed by atoms with Crippen LogP contribution in [0.5, 0.6) is 0 Å². The second kappa shape index (κ2) is 6.07. The van der Waals surface area contributed by atoms with E-state index in [0.29, 0.717) is 18.0 Å². The van der Waals surface area contributed by atoms with Crippen LogP contribution in [-0.4, -0.2) is 6.41 Å². The van der Waals surface area contributed by atoms with Crippen LogP contribution < -0.4 is 10.6 Å². The lowest BCUT2D eigenvalue weighted by Gasteiger charge is -2.10. The molecule has 92 valence electrons. The highest BCUT2D eigenvalue weighted by Crippen LogP contribution is 2.18. The Morgan fingerprint density at radius 2 is 1.78 bits per heavy atom. The minimum atomic E-state index is 0.638. The Bertz CT molecular complexity index is 526. The lowest BCUT2D eigenvalue weighted by Crippen LogP contribution is -2.04. The SMILES string of the molecule is O=CNc1ccccc1CNc1ccc(Cl)cc1. The van der Waals surface area contributed by atoms with Gasteiger partial charge in [-0.2, -0.15) is 0 Å². The summed E-state index contributed by atoms with van der Waals surface area (Å²) >= 11 is 5.82. The fraction of sp³-hybridized carbons (Fsp3) is 0.0714. The minimum Gasteiger partial charge on any atom is -0.381 e. The van der Waals surface area contributed by atoms with Crippen LogP contribution in [0, 0.1) is 0 Å². The zero-order valence-corrected chi connectivity index (χ0v) is 10.4. The molecule has 0 saturated heterocycles. The van der Waals surface area contributed by atoms with Gasteiger partial charge >= 0.3 is 0 Å². The molecule has 0 aliphatic heterocycles. The number of halogens is 1. The molecule has 3 nitrogen and oxygen atoms in total. The zero-order valence-electron chi connectivity index (χ0n) is 9.69. The third kappa shape index (κ3) is 3.25. The van der Waals surface area contributed by atoms with Crippen LogP contribution in [0.15, 0.2) is 48.5 Å². The van der Waals surface area contributed by atoms with Crippen LogP contribution in [0.4, 0.5) is 11.4 Å². The van der Waals surface area contributed by atoms with Gasteiger partial charge < -0.3 is 10.6 Å². The Morgan fingerprint density at radius 3 is 2.50 bits per heavy atom. The molecule has 1 amide bonds. The monoisotopic (exact) mass is 260 g/mol. The number of hydrogen-bond donors (Lipinski definition) is 2. The molecule has 18 heavy (non-hydrogen) atoms. The second-order valence-corrected chi connectivity index (χ2v) is 4.22. The molecule has 0 aliphatic carbocycles. The standard InChI is InChI=1S/C14H13ClN2O/c15-12-5-7-13(8-6-12)16-9-11-3-1-2-4-14(11)17-10-18/h1-8,10,16H,9H2,(H,17,18). The van der Waals surface area contributed by atoms with Gasteiger partial charge in [0.15, 0.2) is 0 Å². The van der Waals surface area contributed by atoms with Crippen molar-refractivity contribution in [1.82, 2.24) is 0 Å². The first-order valence-corrected chi connectivity index (χ1v) is 5.95. The minimum absolute atomic E-state index is 0.638. The molecule has 2 N–H and O–H groups in total. The third-order valence-electron chi connectivity index (χ3n) is 2.56. The van der Waals surface area contributed by atoms with Gasteiger partial charge in [-0.1, -0.05) is 29.8 Å². The number of nitrogens with one attached hydrogen (secondary N) is 2.